The van der Waals surface area contributed by atoms with Gasteiger partial charge >= 0.3 is 0 Å². The van der Waals surface area contributed by atoms with Gasteiger partial charge in [0.05, 0.1) is 6.57 Å². The lowest BCUT2D eigenvalue weighted by molar-refractivity contribution is 0.475. The van der Waals surface area contributed by atoms with Crippen LogP contribution in [0.2, 0.25) is 0 Å². The number of aryl methyl sites for hydroxylation is 3. The van der Waals surface area contributed by atoms with E-state index in [0.29, 0.717) is 11.3 Å². The average molecular weight is 275 g/mol. The van der Waals surface area contributed by atoms with Crippen LogP contribution >= 0.6 is 0 Å². The van der Waals surface area contributed by atoms with E-state index >= 15 is 0 Å². The summed E-state index contributed by atoms with van der Waals surface area (Å²) in [6.45, 7) is 9.33. The predicted molar refractivity (Wildman–Crippen MR) is 81.7 cm³/mol. The van der Waals surface area contributed by atoms with E-state index in [2.05, 4.69) is 10.9 Å². The first-order valence-electron chi connectivity index (χ1n) is 6.93. The smallest absolute Gasteiger partial charge is 0.229 e. The topological polar surface area (TPSA) is 37.7 Å². The average Bonchev–Trinajstić information content (AvgIpc) is 2.85. The Kier molecular flexibility index (Phi) is 2.37. The molecule has 102 valence electrons. The van der Waals surface area contributed by atoms with E-state index in [-0.39, 0.29) is 5.75 Å². The number of fused-ring (bicyclic) bond motifs is 5. The van der Waals surface area contributed by atoms with Gasteiger partial charge < -0.3 is 9.52 Å². The van der Waals surface area contributed by atoms with Gasteiger partial charge in [-0.1, -0.05) is 17.7 Å². The van der Waals surface area contributed by atoms with Crippen molar-refractivity contribution in [3.63, 3.8) is 0 Å². The summed E-state index contributed by atoms with van der Waals surface area (Å²) in [6, 6.07) is 9.34. The van der Waals surface area contributed by atoms with E-state index in [1.807, 2.05) is 19.1 Å². The molecule has 3 aromatic rings. The number of furan rings is 1. The van der Waals surface area contributed by atoms with Gasteiger partial charge in [-0.15, -0.1) is 0 Å². The summed E-state index contributed by atoms with van der Waals surface area (Å²) in [5.41, 5.74) is 5.56. The number of nitrogens with zero attached hydrogens (tertiary/aromatic N) is 1. The van der Waals surface area contributed by atoms with Crippen LogP contribution in [0.5, 0.6) is 5.75 Å². The third-order valence-electron chi connectivity index (χ3n) is 4.12. The molecular weight excluding hydrogens is 262 g/mol. The molecule has 3 heteroatoms. The quantitative estimate of drug-likeness (QED) is 0.600. The number of hydrogen-bond donors (Lipinski definition) is 1. The summed E-state index contributed by atoms with van der Waals surface area (Å²) < 4.78 is 6.02. The van der Waals surface area contributed by atoms with Crippen molar-refractivity contribution in [2.75, 3.05) is 0 Å². The van der Waals surface area contributed by atoms with Crippen molar-refractivity contribution in [3.8, 4) is 17.1 Å². The molecule has 0 aliphatic heterocycles. The lowest BCUT2D eigenvalue weighted by atomic mass is 9.89. The van der Waals surface area contributed by atoms with Gasteiger partial charge in [0.1, 0.15) is 17.1 Å². The molecule has 0 saturated heterocycles. The zero-order chi connectivity index (χ0) is 14.6. The van der Waals surface area contributed by atoms with Crippen LogP contribution in [0.4, 0.5) is 5.69 Å². The third kappa shape index (κ3) is 1.66. The van der Waals surface area contributed by atoms with Gasteiger partial charge in [0, 0.05) is 16.5 Å². The van der Waals surface area contributed by atoms with Crippen LogP contribution in [0.25, 0.3) is 27.1 Å². The van der Waals surface area contributed by atoms with Gasteiger partial charge in [-0.25, -0.2) is 4.85 Å². The largest absolute Gasteiger partial charge is 0.508 e. The zero-order valence-corrected chi connectivity index (χ0v) is 11.6. The molecule has 0 unspecified atom stereocenters. The Balaban J connectivity index is 2.10. The lowest BCUT2D eigenvalue weighted by Crippen LogP contribution is -2.01. The number of hydrogen-bond acceptors (Lipinski definition) is 2. The molecule has 1 aliphatic carbocycles. The van der Waals surface area contributed by atoms with Gasteiger partial charge in [0.15, 0.2) is 0 Å². The summed E-state index contributed by atoms with van der Waals surface area (Å²) in [5, 5.41) is 10.8. The standard InChI is InChI=1S/C18H13NO2/c1-10-7-15-13-6-4-11-3-5-12(20)9-14(11)17(13)21-18(15)16(8-10)19-2/h3,5,7-9,20H,4,6H2,1H3. The third-order valence-corrected chi connectivity index (χ3v) is 4.12. The fourth-order valence-electron chi connectivity index (χ4n) is 3.17. The van der Waals surface area contributed by atoms with Gasteiger partial charge in [0.25, 0.3) is 0 Å². The molecule has 0 spiro atoms. The molecule has 1 aliphatic rings. The van der Waals surface area contributed by atoms with E-state index in [1.165, 1.54) is 5.56 Å². The molecule has 0 atom stereocenters. The number of phenolic OH excluding ortho intramolecular Hbond substituents is 1. The second-order valence-corrected chi connectivity index (χ2v) is 5.52. The van der Waals surface area contributed by atoms with Crippen LogP contribution in [0.15, 0.2) is 34.7 Å². The second-order valence-electron chi connectivity index (χ2n) is 5.52. The van der Waals surface area contributed by atoms with Gasteiger partial charge in [-0.05, 0) is 43.5 Å². The Hall–Kier alpha value is -2.73. The minimum absolute atomic E-state index is 0.239. The van der Waals surface area contributed by atoms with Crippen LogP contribution in [-0.2, 0) is 12.8 Å². The van der Waals surface area contributed by atoms with Crippen molar-refractivity contribution in [2.24, 2.45) is 0 Å². The highest BCUT2D eigenvalue weighted by molar-refractivity contribution is 5.97. The van der Waals surface area contributed by atoms with Gasteiger partial charge in [0.2, 0.25) is 5.69 Å². The Morgan fingerprint density at radius 1 is 1.19 bits per heavy atom. The number of benzene rings is 2. The molecule has 21 heavy (non-hydrogen) atoms. The molecule has 1 heterocycles. The summed E-state index contributed by atoms with van der Waals surface area (Å²) in [7, 11) is 0. The molecule has 1 N–H and O–H groups in total. The van der Waals surface area contributed by atoms with Crippen LogP contribution in [0.1, 0.15) is 16.7 Å². The lowest BCUT2D eigenvalue weighted by Gasteiger charge is -2.15. The van der Waals surface area contributed by atoms with E-state index in [0.717, 1.165) is 40.7 Å². The van der Waals surface area contributed by atoms with Crippen molar-refractivity contribution >= 4 is 16.7 Å². The summed E-state index contributed by atoms with van der Waals surface area (Å²) in [5.74, 6) is 1.04. The number of rotatable bonds is 0. The van der Waals surface area contributed by atoms with E-state index in [9.17, 15) is 5.11 Å². The Morgan fingerprint density at radius 2 is 2.05 bits per heavy atom. The Labute approximate surface area is 122 Å². The fourth-order valence-corrected chi connectivity index (χ4v) is 3.17. The highest BCUT2D eigenvalue weighted by Gasteiger charge is 2.24. The van der Waals surface area contributed by atoms with E-state index in [1.54, 1.807) is 12.1 Å². The molecular formula is C18H13NO2. The molecule has 3 nitrogen and oxygen atoms in total. The van der Waals surface area contributed by atoms with Crippen LogP contribution in [-0.4, -0.2) is 5.11 Å². The maximum absolute atomic E-state index is 9.74. The van der Waals surface area contributed by atoms with Crippen LogP contribution in [0, 0.1) is 13.5 Å². The van der Waals surface area contributed by atoms with Gasteiger partial charge in [-0.2, -0.15) is 0 Å². The van der Waals surface area contributed by atoms with Crippen molar-refractivity contribution in [1.29, 1.82) is 0 Å². The fraction of sp³-hybridized carbons (Fsp3) is 0.167. The summed E-state index contributed by atoms with van der Waals surface area (Å²) >= 11 is 0. The normalized spacial score (nSPS) is 12.8. The molecule has 0 amide bonds. The minimum atomic E-state index is 0.239. The Bertz CT molecular complexity index is 929. The monoisotopic (exact) mass is 275 g/mol. The molecule has 1 aromatic heterocycles. The first-order valence-corrected chi connectivity index (χ1v) is 6.93. The Morgan fingerprint density at radius 3 is 2.86 bits per heavy atom. The molecule has 0 fully saturated rings. The summed E-state index contributed by atoms with van der Waals surface area (Å²) in [4.78, 5) is 3.58. The summed E-state index contributed by atoms with van der Waals surface area (Å²) in [6.07, 6.45) is 1.83. The first kappa shape index (κ1) is 12.0. The molecule has 4 rings (SSSR count). The van der Waals surface area contributed by atoms with Crippen molar-refractivity contribution in [3.05, 3.63) is 58.4 Å². The second kappa shape index (κ2) is 4.13. The maximum Gasteiger partial charge on any atom is 0.229 e. The maximum atomic E-state index is 9.74. The minimum Gasteiger partial charge on any atom is -0.508 e. The van der Waals surface area contributed by atoms with Gasteiger partial charge in [-0.3, -0.25) is 0 Å². The van der Waals surface area contributed by atoms with Crippen LogP contribution < -0.4 is 0 Å². The van der Waals surface area contributed by atoms with Crippen molar-refractivity contribution in [1.82, 2.24) is 0 Å². The van der Waals surface area contributed by atoms with Crippen molar-refractivity contribution < 1.29 is 9.52 Å². The SMILES string of the molecule is [C-]#[N+]c1cc(C)cc2c3c(oc12)-c1cc(O)ccc1CC3. The molecule has 0 radical (unpaired) electrons. The van der Waals surface area contributed by atoms with Crippen LogP contribution in [0.3, 0.4) is 0 Å². The molecule has 0 bridgehead atoms. The number of phenols is 1. The molecule has 0 saturated carbocycles. The zero-order valence-electron chi connectivity index (χ0n) is 11.6. The number of aromatic hydroxyl groups is 1. The molecule has 2 aromatic carbocycles. The van der Waals surface area contributed by atoms with E-state index in [4.69, 9.17) is 11.0 Å². The van der Waals surface area contributed by atoms with E-state index < -0.39 is 0 Å². The first-order chi connectivity index (χ1) is 10.2. The highest BCUT2D eigenvalue weighted by Crippen LogP contribution is 2.43. The predicted octanol–water partition coefficient (Wildman–Crippen LogP) is 4.76. The highest BCUT2D eigenvalue weighted by atomic mass is 16.3. The van der Waals surface area contributed by atoms with Crippen molar-refractivity contribution in [2.45, 2.75) is 19.8 Å².